The number of anilines is 2. The lowest BCUT2D eigenvalue weighted by Crippen LogP contribution is -2.24. The van der Waals surface area contributed by atoms with Gasteiger partial charge in [0.05, 0.1) is 17.0 Å². The van der Waals surface area contributed by atoms with Gasteiger partial charge in [-0.1, -0.05) is 35.9 Å². The van der Waals surface area contributed by atoms with Crippen LogP contribution in [0.15, 0.2) is 78.9 Å². The van der Waals surface area contributed by atoms with Gasteiger partial charge >= 0.3 is 5.97 Å². The molecular weight excluding hydrogens is 590 g/mol. The Labute approximate surface area is 247 Å². The standard InChI is InChI=1S/C30H27ClF2N2O6S/c1-19-27(34-42(2,38)39)4-3-5-28(19)35(17-21-8-9-22(32)14-26(21)33)16-20-6-10-23(11-7-20)41-24-12-13-25(31)29(15-24)40-18-30(36)37/h3-15,34H,16-18H2,1-2H3,(H,36,37). The fourth-order valence-electron chi connectivity index (χ4n) is 4.17. The first-order valence-electron chi connectivity index (χ1n) is 12.5. The lowest BCUT2D eigenvalue weighted by molar-refractivity contribution is -0.139. The zero-order chi connectivity index (χ0) is 30.4. The molecule has 0 atom stereocenters. The molecule has 0 fully saturated rings. The summed E-state index contributed by atoms with van der Waals surface area (Å²) >= 11 is 6.08. The van der Waals surface area contributed by atoms with E-state index in [0.29, 0.717) is 35.0 Å². The SMILES string of the molecule is Cc1c(NS(C)(=O)=O)cccc1N(Cc1ccc(Oc2ccc(Cl)c(OCC(=O)O)c2)cc1)Cc1ccc(F)cc1F. The zero-order valence-electron chi connectivity index (χ0n) is 22.6. The van der Waals surface area contributed by atoms with Crippen molar-refractivity contribution in [3.63, 3.8) is 0 Å². The summed E-state index contributed by atoms with van der Waals surface area (Å²) in [5.41, 5.74) is 2.77. The van der Waals surface area contributed by atoms with Crippen LogP contribution in [-0.2, 0) is 27.9 Å². The molecule has 2 N–H and O–H groups in total. The summed E-state index contributed by atoms with van der Waals surface area (Å²) in [5, 5.41) is 9.09. The number of nitrogens with one attached hydrogen (secondary N) is 1. The smallest absolute Gasteiger partial charge is 0.341 e. The molecule has 0 radical (unpaired) electrons. The molecule has 0 heterocycles. The van der Waals surface area contributed by atoms with Crippen molar-refractivity contribution < 1.29 is 36.6 Å². The van der Waals surface area contributed by atoms with Crippen molar-refractivity contribution in [1.82, 2.24) is 0 Å². The van der Waals surface area contributed by atoms with Gasteiger partial charge in [0, 0.05) is 36.5 Å². The van der Waals surface area contributed by atoms with Crippen molar-refractivity contribution >= 4 is 39.0 Å². The van der Waals surface area contributed by atoms with Gasteiger partial charge in [-0.2, -0.15) is 0 Å². The van der Waals surface area contributed by atoms with E-state index >= 15 is 0 Å². The third-order valence-electron chi connectivity index (χ3n) is 6.10. The first-order valence-corrected chi connectivity index (χ1v) is 14.8. The van der Waals surface area contributed by atoms with Crippen LogP contribution in [0.25, 0.3) is 0 Å². The number of sulfonamides is 1. The third kappa shape index (κ3) is 8.34. The summed E-state index contributed by atoms with van der Waals surface area (Å²) in [6, 6.07) is 20.2. The van der Waals surface area contributed by atoms with E-state index < -0.39 is 34.2 Å². The number of aliphatic carboxylic acids is 1. The average molecular weight is 617 g/mol. The molecule has 0 bridgehead atoms. The van der Waals surface area contributed by atoms with Gasteiger partial charge in [0.2, 0.25) is 10.0 Å². The van der Waals surface area contributed by atoms with Crippen molar-refractivity contribution in [2.24, 2.45) is 0 Å². The molecule has 0 aliphatic carbocycles. The summed E-state index contributed by atoms with van der Waals surface area (Å²) in [6.07, 6.45) is 1.06. The van der Waals surface area contributed by atoms with Gasteiger partial charge in [-0.15, -0.1) is 0 Å². The van der Waals surface area contributed by atoms with E-state index in [2.05, 4.69) is 4.72 Å². The summed E-state index contributed by atoms with van der Waals surface area (Å²) < 4.78 is 65.6. The van der Waals surface area contributed by atoms with E-state index in [9.17, 15) is 22.0 Å². The van der Waals surface area contributed by atoms with Gasteiger partial charge in [-0.05, 0) is 60.5 Å². The second kappa shape index (κ2) is 13.1. The minimum Gasteiger partial charge on any atom is -0.480 e. The molecule has 0 aliphatic rings. The zero-order valence-corrected chi connectivity index (χ0v) is 24.2. The van der Waals surface area contributed by atoms with Crippen LogP contribution < -0.4 is 19.1 Å². The number of nitrogens with zero attached hydrogens (tertiary/aromatic N) is 1. The van der Waals surface area contributed by atoms with Gasteiger partial charge < -0.3 is 19.5 Å². The van der Waals surface area contributed by atoms with Crippen LogP contribution in [0.2, 0.25) is 5.02 Å². The molecule has 12 heteroatoms. The molecule has 42 heavy (non-hydrogen) atoms. The Bertz CT molecular complexity index is 1700. The number of hydrogen-bond acceptors (Lipinski definition) is 6. The lowest BCUT2D eigenvalue weighted by Gasteiger charge is -2.28. The monoisotopic (exact) mass is 616 g/mol. The maximum absolute atomic E-state index is 14.6. The Balaban J connectivity index is 1.59. The average Bonchev–Trinajstić information content (AvgIpc) is 2.91. The molecule has 0 saturated heterocycles. The van der Waals surface area contributed by atoms with Crippen LogP contribution in [0.1, 0.15) is 16.7 Å². The highest BCUT2D eigenvalue weighted by molar-refractivity contribution is 7.92. The molecular formula is C30H27ClF2N2O6S. The van der Waals surface area contributed by atoms with Gasteiger partial charge in [0.25, 0.3) is 0 Å². The van der Waals surface area contributed by atoms with Crippen molar-refractivity contribution in [2.75, 3.05) is 22.5 Å². The van der Waals surface area contributed by atoms with Crippen molar-refractivity contribution in [3.05, 3.63) is 112 Å². The van der Waals surface area contributed by atoms with E-state index in [1.54, 1.807) is 43.3 Å². The van der Waals surface area contributed by atoms with Crippen molar-refractivity contribution in [3.8, 4) is 17.2 Å². The van der Waals surface area contributed by atoms with E-state index in [1.165, 1.54) is 24.3 Å². The second-order valence-corrected chi connectivity index (χ2v) is 11.6. The van der Waals surface area contributed by atoms with Crippen LogP contribution in [-0.4, -0.2) is 32.4 Å². The summed E-state index contributed by atoms with van der Waals surface area (Å²) in [7, 11) is -3.54. The van der Waals surface area contributed by atoms with Gasteiger partial charge in [0.1, 0.15) is 28.9 Å². The summed E-state index contributed by atoms with van der Waals surface area (Å²) in [6.45, 7) is 1.59. The second-order valence-electron chi connectivity index (χ2n) is 9.44. The molecule has 0 aromatic heterocycles. The fraction of sp³-hybridized carbons (Fsp3) is 0.167. The number of halogens is 3. The van der Waals surface area contributed by atoms with Crippen LogP contribution in [0.3, 0.4) is 0 Å². The Morgan fingerprint density at radius 3 is 2.36 bits per heavy atom. The molecule has 4 aromatic carbocycles. The highest BCUT2D eigenvalue weighted by Gasteiger charge is 2.17. The quantitative estimate of drug-likeness (QED) is 0.181. The van der Waals surface area contributed by atoms with E-state index in [4.69, 9.17) is 26.2 Å². The van der Waals surface area contributed by atoms with Gasteiger partial charge in [0.15, 0.2) is 6.61 Å². The largest absolute Gasteiger partial charge is 0.480 e. The maximum atomic E-state index is 14.6. The van der Waals surface area contributed by atoms with Crippen molar-refractivity contribution in [1.29, 1.82) is 0 Å². The molecule has 0 amide bonds. The first-order chi connectivity index (χ1) is 19.9. The predicted molar refractivity (Wildman–Crippen MR) is 157 cm³/mol. The molecule has 4 aromatic rings. The molecule has 220 valence electrons. The Kier molecular flexibility index (Phi) is 9.54. The minimum absolute atomic E-state index is 0.0808. The van der Waals surface area contributed by atoms with Crippen LogP contribution in [0.5, 0.6) is 17.2 Å². The van der Waals surface area contributed by atoms with Crippen molar-refractivity contribution in [2.45, 2.75) is 20.0 Å². The van der Waals surface area contributed by atoms with Gasteiger partial charge in [-0.3, -0.25) is 4.72 Å². The number of hydrogen-bond donors (Lipinski definition) is 2. The normalized spacial score (nSPS) is 11.2. The lowest BCUT2D eigenvalue weighted by atomic mass is 10.1. The topological polar surface area (TPSA) is 105 Å². The molecule has 0 aliphatic heterocycles. The van der Waals surface area contributed by atoms with E-state index in [1.807, 2.05) is 17.0 Å². The van der Waals surface area contributed by atoms with Crippen LogP contribution in [0, 0.1) is 18.6 Å². The molecule has 8 nitrogen and oxygen atoms in total. The molecule has 0 unspecified atom stereocenters. The number of carboxylic acids is 1. The Hall–Kier alpha value is -4.35. The third-order valence-corrected chi connectivity index (χ3v) is 7.01. The Morgan fingerprint density at radius 2 is 1.69 bits per heavy atom. The maximum Gasteiger partial charge on any atom is 0.341 e. The number of carbonyl (C=O) groups is 1. The highest BCUT2D eigenvalue weighted by atomic mass is 35.5. The van der Waals surface area contributed by atoms with E-state index in [0.717, 1.165) is 17.9 Å². The number of ether oxygens (including phenoxy) is 2. The summed E-state index contributed by atoms with van der Waals surface area (Å²) in [5.74, 6) is -1.49. The fourth-order valence-corrected chi connectivity index (χ4v) is 4.97. The predicted octanol–water partition coefficient (Wildman–Crippen LogP) is 6.76. The van der Waals surface area contributed by atoms with Crippen LogP contribution in [0.4, 0.5) is 20.2 Å². The van der Waals surface area contributed by atoms with Crippen LogP contribution >= 0.6 is 11.6 Å². The first kappa shape index (κ1) is 30.6. The highest BCUT2D eigenvalue weighted by Crippen LogP contribution is 2.33. The minimum atomic E-state index is -3.54. The molecule has 4 rings (SSSR count). The number of rotatable bonds is 12. The summed E-state index contributed by atoms with van der Waals surface area (Å²) in [4.78, 5) is 12.7. The van der Waals surface area contributed by atoms with Gasteiger partial charge in [-0.25, -0.2) is 22.0 Å². The number of carboxylic acid groups (broad SMARTS) is 1. The Morgan fingerprint density at radius 1 is 0.976 bits per heavy atom. The molecule has 0 saturated carbocycles. The molecule has 0 spiro atoms. The number of benzene rings is 4. The van der Waals surface area contributed by atoms with E-state index in [-0.39, 0.29) is 22.9 Å².